The molecule has 0 aromatic carbocycles. The van der Waals surface area contributed by atoms with Crippen molar-refractivity contribution in [2.75, 3.05) is 18.5 Å². The second-order valence-corrected chi connectivity index (χ2v) is 5.98. The van der Waals surface area contributed by atoms with E-state index in [0.29, 0.717) is 18.5 Å². The van der Waals surface area contributed by atoms with E-state index in [9.17, 15) is 4.79 Å². The molecule has 0 saturated carbocycles. The van der Waals surface area contributed by atoms with E-state index in [4.69, 9.17) is 5.11 Å². The third kappa shape index (κ3) is 4.51. The molecule has 22 heavy (non-hydrogen) atoms. The Morgan fingerprint density at radius 1 is 1.45 bits per heavy atom. The fraction of sp³-hybridized carbons (Fsp3) is 0.400. The fourth-order valence-electron chi connectivity index (χ4n) is 2.09. The Balaban J connectivity index is 1.92. The van der Waals surface area contributed by atoms with Crippen LogP contribution in [-0.4, -0.2) is 34.6 Å². The van der Waals surface area contributed by atoms with Crippen LogP contribution in [0, 0.1) is 0 Å². The van der Waals surface area contributed by atoms with Crippen LogP contribution in [0.3, 0.4) is 0 Å². The summed E-state index contributed by atoms with van der Waals surface area (Å²) in [5.41, 5.74) is 0.975. The van der Waals surface area contributed by atoms with Gasteiger partial charge in [-0.2, -0.15) is 0 Å². The molecule has 2 N–H and O–H groups in total. The van der Waals surface area contributed by atoms with Crippen molar-refractivity contribution in [3.05, 3.63) is 40.3 Å². The molecule has 2 heterocycles. The summed E-state index contributed by atoms with van der Waals surface area (Å²) in [5, 5.41) is 14.3. The van der Waals surface area contributed by atoms with Crippen molar-refractivity contribution in [3.8, 4) is 0 Å². The molecule has 2 aromatic rings. The van der Waals surface area contributed by atoms with Crippen molar-refractivity contribution in [3.63, 3.8) is 0 Å². The molecule has 0 saturated heterocycles. The Bertz CT molecular complexity index is 586. The monoisotopic (exact) mass is 320 g/mol. The third-order valence-corrected chi connectivity index (χ3v) is 4.24. The summed E-state index contributed by atoms with van der Waals surface area (Å²) in [6.07, 6.45) is 4.48. The quantitative estimate of drug-likeness (QED) is 0.777. The number of carbonyl (C=O) groups is 1. The van der Waals surface area contributed by atoms with Crippen LogP contribution in [0.15, 0.2) is 29.9 Å². The van der Waals surface area contributed by atoms with Gasteiger partial charge in [0.2, 0.25) is 5.95 Å². The van der Waals surface area contributed by atoms with E-state index in [1.807, 2.05) is 0 Å². The number of hydrogen-bond donors (Lipinski definition) is 2. The third-order valence-electron chi connectivity index (χ3n) is 3.25. The van der Waals surface area contributed by atoms with Crippen LogP contribution in [0.2, 0.25) is 0 Å². The molecule has 0 spiro atoms. The molecule has 0 amide bonds. The molecule has 118 valence electrons. The summed E-state index contributed by atoms with van der Waals surface area (Å²) in [4.78, 5) is 21.9. The van der Waals surface area contributed by atoms with Gasteiger partial charge in [0.05, 0.1) is 0 Å². The van der Waals surface area contributed by atoms with Crippen LogP contribution >= 0.6 is 11.3 Å². The molecule has 0 bridgehead atoms. The minimum absolute atomic E-state index is 0.117. The summed E-state index contributed by atoms with van der Waals surface area (Å²) in [6.45, 7) is 2.71. The Kier molecular flexibility index (Phi) is 5.85. The van der Waals surface area contributed by atoms with E-state index in [1.165, 1.54) is 9.78 Å². The zero-order valence-corrected chi connectivity index (χ0v) is 13.5. The summed E-state index contributed by atoms with van der Waals surface area (Å²) >= 11 is 1.75. The van der Waals surface area contributed by atoms with E-state index in [1.54, 1.807) is 30.8 Å². The van der Waals surface area contributed by atoms with Crippen LogP contribution in [0.5, 0.6) is 0 Å². The van der Waals surface area contributed by atoms with Crippen molar-refractivity contribution in [2.45, 2.75) is 25.9 Å². The molecule has 1 atom stereocenters. The number of nitrogens with one attached hydrogen (secondary N) is 1. The SMILES string of the molecule is CCC(NCc1cnc(N(C)CC(=O)O)nc1)c1cccs1. The molecule has 0 aliphatic rings. The van der Waals surface area contributed by atoms with E-state index in [0.717, 1.165) is 12.0 Å². The molecule has 0 radical (unpaired) electrons. The molecular weight excluding hydrogens is 300 g/mol. The Hall–Kier alpha value is -1.99. The topological polar surface area (TPSA) is 78.4 Å². The van der Waals surface area contributed by atoms with Crippen molar-refractivity contribution < 1.29 is 9.90 Å². The van der Waals surface area contributed by atoms with Crippen LogP contribution in [-0.2, 0) is 11.3 Å². The second kappa shape index (κ2) is 7.86. The van der Waals surface area contributed by atoms with Crippen molar-refractivity contribution in [1.82, 2.24) is 15.3 Å². The van der Waals surface area contributed by atoms with Crippen LogP contribution < -0.4 is 10.2 Å². The maximum absolute atomic E-state index is 10.7. The van der Waals surface area contributed by atoms with E-state index in [-0.39, 0.29) is 6.54 Å². The van der Waals surface area contributed by atoms with Gasteiger partial charge in [0.25, 0.3) is 0 Å². The lowest BCUT2D eigenvalue weighted by Crippen LogP contribution is -2.27. The first kappa shape index (κ1) is 16.4. The molecular formula is C15H20N4O2S. The van der Waals surface area contributed by atoms with Gasteiger partial charge >= 0.3 is 5.97 Å². The molecule has 1 unspecified atom stereocenters. The average molecular weight is 320 g/mol. The minimum Gasteiger partial charge on any atom is -0.480 e. The highest BCUT2D eigenvalue weighted by Crippen LogP contribution is 2.22. The number of likely N-dealkylation sites (N-methyl/N-ethyl adjacent to an activating group) is 1. The van der Waals surface area contributed by atoms with Crippen LogP contribution in [0.1, 0.15) is 29.8 Å². The lowest BCUT2D eigenvalue weighted by atomic mass is 10.2. The number of hydrogen-bond acceptors (Lipinski definition) is 6. The second-order valence-electron chi connectivity index (χ2n) is 5.00. The first-order chi connectivity index (χ1) is 10.6. The van der Waals surface area contributed by atoms with Gasteiger partial charge < -0.3 is 15.3 Å². The Labute approximate surface area is 133 Å². The molecule has 6 nitrogen and oxygen atoms in total. The summed E-state index contributed by atoms with van der Waals surface area (Å²) in [5.74, 6) is -0.491. The number of rotatable bonds is 8. The number of thiophene rings is 1. The number of carboxylic acid groups (broad SMARTS) is 1. The molecule has 7 heteroatoms. The zero-order valence-electron chi connectivity index (χ0n) is 12.7. The molecule has 2 rings (SSSR count). The molecule has 0 fully saturated rings. The maximum atomic E-state index is 10.7. The molecule has 0 aliphatic heterocycles. The zero-order chi connectivity index (χ0) is 15.9. The van der Waals surface area contributed by atoms with Gasteiger partial charge in [-0.3, -0.25) is 4.79 Å². The predicted molar refractivity (Wildman–Crippen MR) is 87.1 cm³/mol. The standard InChI is InChI=1S/C15H20N4O2S/c1-3-12(13-5-4-6-22-13)16-7-11-8-17-15(18-9-11)19(2)10-14(20)21/h4-6,8-9,12,16H,3,7,10H2,1-2H3,(H,20,21). The first-order valence-corrected chi connectivity index (χ1v) is 7.98. The van der Waals surface area contributed by atoms with Gasteiger partial charge in [-0.25, -0.2) is 9.97 Å². The first-order valence-electron chi connectivity index (χ1n) is 7.10. The van der Waals surface area contributed by atoms with E-state index in [2.05, 4.69) is 39.7 Å². The largest absolute Gasteiger partial charge is 0.480 e. The number of anilines is 1. The van der Waals surface area contributed by atoms with Gasteiger partial charge in [-0.15, -0.1) is 11.3 Å². The van der Waals surface area contributed by atoms with Crippen molar-refractivity contribution >= 4 is 23.3 Å². The summed E-state index contributed by atoms with van der Waals surface area (Å²) < 4.78 is 0. The number of aliphatic carboxylic acids is 1. The highest BCUT2D eigenvalue weighted by atomic mass is 32.1. The lowest BCUT2D eigenvalue weighted by molar-refractivity contribution is -0.135. The van der Waals surface area contributed by atoms with E-state index >= 15 is 0 Å². The van der Waals surface area contributed by atoms with Gasteiger partial charge in [-0.05, 0) is 17.9 Å². The Morgan fingerprint density at radius 3 is 2.73 bits per heavy atom. The average Bonchev–Trinajstić information content (AvgIpc) is 3.02. The fourth-order valence-corrected chi connectivity index (χ4v) is 2.97. The van der Waals surface area contributed by atoms with Gasteiger partial charge in [0.1, 0.15) is 6.54 Å². The lowest BCUT2D eigenvalue weighted by Gasteiger charge is -2.16. The van der Waals surface area contributed by atoms with Crippen molar-refractivity contribution in [2.24, 2.45) is 0 Å². The van der Waals surface area contributed by atoms with Gasteiger partial charge in [0, 0.05) is 42.5 Å². The molecule has 2 aromatic heterocycles. The van der Waals surface area contributed by atoms with Crippen LogP contribution in [0.4, 0.5) is 5.95 Å². The highest BCUT2D eigenvalue weighted by Gasteiger charge is 2.11. The number of nitrogens with zero attached hydrogens (tertiary/aromatic N) is 3. The molecule has 0 aliphatic carbocycles. The van der Waals surface area contributed by atoms with Gasteiger partial charge in [0.15, 0.2) is 0 Å². The van der Waals surface area contributed by atoms with Gasteiger partial charge in [-0.1, -0.05) is 13.0 Å². The maximum Gasteiger partial charge on any atom is 0.323 e. The van der Waals surface area contributed by atoms with Crippen LogP contribution in [0.25, 0.3) is 0 Å². The number of carboxylic acids is 1. The summed E-state index contributed by atoms with van der Waals surface area (Å²) in [7, 11) is 1.66. The van der Waals surface area contributed by atoms with E-state index < -0.39 is 5.97 Å². The highest BCUT2D eigenvalue weighted by molar-refractivity contribution is 7.10. The summed E-state index contributed by atoms with van der Waals surface area (Å²) in [6, 6.07) is 4.52. The Morgan fingerprint density at radius 2 is 2.18 bits per heavy atom. The smallest absolute Gasteiger partial charge is 0.323 e. The number of aromatic nitrogens is 2. The minimum atomic E-state index is -0.904. The predicted octanol–water partition coefficient (Wildman–Crippen LogP) is 2.30. The normalized spacial score (nSPS) is 12.1. The van der Waals surface area contributed by atoms with Crippen molar-refractivity contribution in [1.29, 1.82) is 0 Å².